The van der Waals surface area contributed by atoms with Gasteiger partial charge in [0.15, 0.2) is 11.5 Å². The second-order valence-corrected chi connectivity index (χ2v) is 4.24. The number of hydrogen-bond donors (Lipinski definition) is 2. The largest absolute Gasteiger partial charge is 0.493 e. The van der Waals surface area contributed by atoms with Crippen molar-refractivity contribution in [2.24, 2.45) is 0 Å². The van der Waals surface area contributed by atoms with Crippen LogP contribution in [-0.4, -0.2) is 35.3 Å². The summed E-state index contributed by atoms with van der Waals surface area (Å²) in [6.45, 7) is 0. The lowest BCUT2D eigenvalue weighted by Crippen LogP contribution is -2.18. The summed E-state index contributed by atoms with van der Waals surface area (Å²) in [6.07, 6.45) is 1.29. The number of anilines is 1. The van der Waals surface area contributed by atoms with E-state index < -0.39 is 11.3 Å². The molecule has 1 aromatic carbocycles. The third kappa shape index (κ3) is 3.00. The summed E-state index contributed by atoms with van der Waals surface area (Å²) in [5.74, 6) is 0.885. The monoisotopic (exact) mass is 296 g/mol. The van der Waals surface area contributed by atoms with Gasteiger partial charge < -0.3 is 9.47 Å². The van der Waals surface area contributed by atoms with E-state index >= 15 is 0 Å². The Morgan fingerprint density at radius 3 is 2.70 bits per heavy atom. The van der Waals surface area contributed by atoms with Crippen LogP contribution in [0.1, 0.15) is 10.9 Å². The number of halogens is 1. The average Bonchev–Trinajstić information content (AvgIpc) is 2.98. The Kier molecular flexibility index (Phi) is 4.41. The molecule has 2 rings (SSSR count). The van der Waals surface area contributed by atoms with Gasteiger partial charge in [-0.2, -0.15) is 10.1 Å². The number of hydrogen-bond acceptors (Lipinski definition) is 5. The van der Waals surface area contributed by atoms with Gasteiger partial charge >= 0.3 is 0 Å². The minimum atomic E-state index is -0.889. The van der Waals surface area contributed by atoms with Crippen LogP contribution >= 0.6 is 11.6 Å². The molecule has 0 aliphatic carbocycles. The molecule has 7 nitrogen and oxygen atoms in total. The second-order valence-electron chi connectivity index (χ2n) is 3.80. The fourth-order valence-corrected chi connectivity index (χ4v) is 1.80. The van der Waals surface area contributed by atoms with Crippen LogP contribution in [0.25, 0.3) is 0 Å². The Balaban J connectivity index is 2.15. The number of ether oxygens (including phenoxy) is 2. The predicted octanol–water partition coefficient (Wildman–Crippen LogP) is 1.74. The van der Waals surface area contributed by atoms with Crippen molar-refractivity contribution < 1.29 is 14.3 Å². The van der Waals surface area contributed by atoms with E-state index in [1.54, 1.807) is 18.2 Å². The summed E-state index contributed by atoms with van der Waals surface area (Å²) >= 11 is 6.13. The van der Waals surface area contributed by atoms with Crippen LogP contribution in [0.5, 0.6) is 11.5 Å². The number of nitrogens with one attached hydrogen (secondary N) is 2. The molecule has 0 radical (unpaired) electrons. The Morgan fingerprint density at radius 1 is 1.35 bits per heavy atom. The molecule has 1 heterocycles. The van der Waals surface area contributed by atoms with Crippen LogP contribution < -0.4 is 14.8 Å². The van der Waals surface area contributed by atoms with Crippen molar-refractivity contribution in [1.29, 1.82) is 0 Å². The summed E-state index contributed by atoms with van der Waals surface area (Å²) in [5, 5.41) is 7.77. The Morgan fingerprint density at radius 2 is 2.10 bits per heavy atom. The van der Waals surface area contributed by atoms with E-state index in [2.05, 4.69) is 20.5 Å². The van der Waals surface area contributed by atoms with E-state index in [-0.39, 0.29) is 5.95 Å². The predicted molar refractivity (Wildman–Crippen MR) is 73.2 cm³/mol. The van der Waals surface area contributed by atoms with Gasteiger partial charge in [0, 0.05) is 0 Å². The molecule has 2 N–H and O–H groups in total. The lowest BCUT2D eigenvalue weighted by molar-refractivity contribution is -0.116. The third-order valence-corrected chi connectivity index (χ3v) is 3.04. The van der Waals surface area contributed by atoms with Crippen molar-refractivity contribution >= 4 is 23.5 Å². The number of nitrogens with zero attached hydrogens (tertiary/aromatic N) is 2. The van der Waals surface area contributed by atoms with E-state index in [9.17, 15) is 4.79 Å². The van der Waals surface area contributed by atoms with E-state index in [0.717, 1.165) is 0 Å². The molecule has 1 amide bonds. The topological polar surface area (TPSA) is 89.1 Å². The molecule has 0 saturated carbocycles. The van der Waals surface area contributed by atoms with Crippen LogP contribution in [0.4, 0.5) is 5.95 Å². The van der Waals surface area contributed by atoms with Gasteiger partial charge in [-0.25, -0.2) is 5.10 Å². The molecule has 8 heteroatoms. The fourth-order valence-electron chi connectivity index (χ4n) is 1.61. The number of alkyl halides is 1. The number of rotatable bonds is 5. The first-order valence-corrected chi connectivity index (χ1v) is 6.11. The zero-order valence-corrected chi connectivity index (χ0v) is 11.6. The SMILES string of the molecule is COc1ccc(C(Cl)C(=O)Nc2ncn[nH]2)cc1OC. The molecule has 0 bridgehead atoms. The van der Waals surface area contributed by atoms with Crippen LogP contribution in [0.2, 0.25) is 0 Å². The maximum atomic E-state index is 12.0. The molecular formula is C12H13ClN4O3. The molecule has 0 saturated heterocycles. The quantitative estimate of drug-likeness (QED) is 0.820. The summed E-state index contributed by atoms with van der Waals surface area (Å²) in [6, 6.07) is 5.03. The van der Waals surface area contributed by atoms with E-state index in [4.69, 9.17) is 21.1 Å². The van der Waals surface area contributed by atoms with Gasteiger partial charge in [0.1, 0.15) is 11.7 Å². The van der Waals surface area contributed by atoms with Gasteiger partial charge in [0.25, 0.3) is 0 Å². The molecule has 0 fully saturated rings. The lowest BCUT2D eigenvalue weighted by Gasteiger charge is -2.12. The first kappa shape index (κ1) is 14.1. The zero-order chi connectivity index (χ0) is 14.5. The van der Waals surface area contributed by atoms with Gasteiger partial charge in [-0.05, 0) is 17.7 Å². The summed E-state index contributed by atoms with van der Waals surface area (Å²) in [5.41, 5.74) is 0.585. The molecule has 2 aromatic rings. The van der Waals surface area contributed by atoms with Crippen LogP contribution in [0.3, 0.4) is 0 Å². The lowest BCUT2D eigenvalue weighted by atomic mass is 10.1. The highest BCUT2D eigenvalue weighted by Gasteiger charge is 2.20. The van der Waals surface area contributed by atoms with Crippen LogP contribution in [-0.2, 0) is 4.79 Å². The van der Waals surface area contributed by atoms with Crippen molar-refractivity contribution in [3.8, 4) is 11.5 Å². The van der Waals surface area contributed by atoms with Crippen LogP contribution in [0.15, 0.2) is 24.5 Å². The van der Waals surface area contributed by atoms with Gasteiger partial charge in [-0.1, -0.05) is 6.07 Å². The number of aromatic amines is 1. The Bertz CT molecular complexity index is 588. The number of carbonyl (C=O) groups excluding carboxylic acids is 1. The van der Waals surface area contributed by atoms with Crippen molar-refractivity contribution in [3.05, 3.63) is 30.1 Å². The number of benzene rings is 1. The highest BCUT2D eigenvalue weighted by molar-refractivity contribution is 6.32. The van der Waals surface area contributed by atoms with Gasteiger partial charge in [0.2, 0.25) is 11.9 Å². The first-order valence-electron chi connectivity index (χ1n) is 5.68. The Labute approximate surface area is 120 Å². The number of H-pyrrole nitrogens is 1. The molecule has 0 spiro atoms. The molecule has 1 aromatic heterocycles. The summed E-state index contributed by atoms with van der Waals surface area (Å²) < 4.78 is 10.3. The van der Waals surface area contributed by atoms with Crippen molar-refractivity contribution in [1.82, 2.24) is 15.2 Å². The van der Waals surface area contributed by atoms with Gasteiger partial charge in [-0.15, -0.1) is 11.6 Å². The highest BCUT2D eigenvalue weighted by Crippen LogP contribution is 2.32. The smallest absolute Gasteiger partial charge is 0.249 e. The molecule has 0 aliphatic rings. The molecule has 1 atom stereocenters. The molecule has 1 unspecified atom stereocenters. The second kappa shape index (κ2) is 6.25. The van der Waals surface area contributed by atoms with Crippen molar-refractivity contribution in [3.63, 3.8) is 0 Å². The summed E-state index contributed by atoms with van der Waals surface area (Å²) in [4.78, 5) is 15.8. The maximum Gasteiger partial charge on any atom is 0.249 e. The highest BCUT2D eigenvalue weighted by atomic mass is 35.5. The molecule has 0 aliphatic heterocycles. The van der Waals surface area contributed by atoms with Crippen molar-refractivity contribution in [2.45, 2.75) is 5.38 Å². The van der Waals surface area contributed by atoms with E-state index in [1.165, 1.54) is 20.5 Å². The molecule has 106 valence electrons. The van der Waals surface area contributed by atoms with Crippen LogP contribution in [0, 0.1) is 0 Å². The molecular weight excluding hydrogens is 284 g/mol. The maximum absolute atomic E-state index is 12.0. The number of carbonyl (C=O) groups is 1. The zero-order valence-electron chi connectivity index (χ0n) is 10.9. The number of amides is 1. The normalized spacial score (nSPS) is 11.8. The first-order chi connectivity index (χ1) is 9.65. The van der Waals surface area contributed by atoms with Crippen molar-refractivity contribution in [2.75, 3.05) is 19.5 Å². The Hall–Kier alpha value is -2.28. The number of aromatic nitrogens is 3. The van der Waals surface area contributed by atoms with E-state index in [0.29, 0.717) is 17.1 Å². The third-order valence-electron chi connectivity index (χ3n) is 2.59. The van der Waals surface area contributed by atoms with Gasteiger partial charge in [0.05, 0.1) is 14.2 Å². The fraction of sp³-hybridized carbons (Fsp3) is 0.250. The standard InChI is InChI=1S/C12H13ClN4O3/c1-19-8-4-3-7(5-9(8)20-2)10(13)11(18)16-12-14-6-15-17-12/h3-6,10H,1-2H3,(H2,14,15,16,17,18). The summed E-state index contributed by atoms with van der Waals surface area (Å²) in [7, 11) is 3.05. The minimum absolute atomic E-state index is 0.237. The molecule has 20 heavy (non-hydrogen) atoms. The number of methoxy groups -OCH3 is 2. The minimum Gasteiger partial charge on any atom is -0.493 e. The van der Waals surface area contributed by atoms with E-state index in [1.807, 2.05) is 0 Å². The van der Waals surface area contributed by atoms with Gasteiger partial charge in [-0.3, -0.25) is 10.1 Å². The average molecular weight is 297 g/mol.